The molecule has 1 aliphatic rings. The topological polar surface area (TPSA) is 21.3 Å². The Morgan fingerprint density at radius 1 is 1.20 bits per heavy atom. The summed E-state index contributed by atoms with van der Waals surface area (Å²) >= 11 is 0. The minimum absolute atomic E-state index is 0.416. The molecule has 1 fully saturated rings. The van der Waals surface area contributed by atoms with Gasteiger partial charge < -0.3 is 10.1 Å². The molecule has 1 atom stereocenters. The Labute approximate surface area is 123 Å². The number of benzene rings is 1. The molecule has 0 bridgehead atoms. The summed E-state index contributed by atoms with van der Waals surface area (Å²) in [5, 5.41) is 3.62. The van der Waals surface area contributed by atoms with E-state index in [0.717, 1.165) is 32.1 Å². The Morgan fingerprint density at radius 3 is 2.45 bits per heavy atom. The maximum atomic E-state index is 5.67. The second-order valence-electron chi connectivity index (χ2n) is 6.36. The smallest absolute Gasteiger partial charge is 0.0494 e. The van der Waals surface area contributed by atoms with Gasteiger partial charge in [0, 0.05) is 19.3 Å². The van der Waals surface area contributed by atoms with Gasteiger partial charge in [0.1, 0.15) is 0 Å². The Balaban J connectivity index is 1.72. The Hall–Kier alpha value is -0.860. The summed E-state index contributed by atoms with van der Waals surface area (Å²) in [6.45, 7) is 11.7. The van der Waals surface area contributed by atoms with Crippen LogP contribution in [0, 0.1) is 26.7 Å². The zero-order valence-corrected chi connectivity index (χ0v) is 13.5. The van der Waals surface area contributed by atoms with Crippen LogP contribution in [0.5, 0.6) is 0 Å². The molecule has 1 aromatic rings. The van der Waals surface area contributed by atoms with Crippen LogP contribution in [0.25, 0.3) is 0 Å². The molecule has 2 nitrogen and oxygen atoms in total. The van der Waals surface area contributed by atoms with E-state index in [1.807, 2.05) is 0 Å². The highest BCUT2D eigenvalue weighted by atomic mass is 16.5. The number of rotatable bonds is 8. The summed E-state index contributed by atoms with van der Waals surface area (Å²) in [5.74, 6) is 0.875. The van der Waals surface area contributed by atoms with Gasteiger partial charge in [-0.15, -0.1) is 0 Å². The molecule has 0 saturated heterocycles. The number of nitrogens with one attached hydrogen (secondary N) is 1. The standard InChI is InChI=1S/C18H29NO/c1-13-10-14(2)18(15(3)11-13)16(4)19-8-5-9-20-12-17-6-7-17/h10-11,16-17,19H,5-9,12H2,1-4H3. The zero-order valence-electron chi connectivity index (χ0n) is 13.5. The minimum atomic E-state index is 0.416. The first-order chi connectivity index (χ1) is 9.58. The molecule has 0 aliphatic heterocycles. The van der Waals surface area contributed by atoms with Crippen molar-refractivity contribution in [3.63, 3.8) is 0 Å². The predicted molar refractivity (Wildman–Crippen MR) is 85.2 cm³/mol. The van der Waals surface area contributed by atoms with E-state index in [4.69, 9.17) is 4.74 Å². The van der Waals surface area contributed by atoms with Crippen molar-refractivity contribution in [2.75, 3.05) is 19.8 Å². The van der Waals surface area contributed by atoms with Crippen LogP contribution in [0.2, 0.25) is 0 Å². The summed E-state index contributed by atoms with van der Waals surface area (Å²) < 4.78 is 5.67. The lowest BCUT2D eigenvalue weighted by atomic mass is 9.95. The summed E-state index contributed by atoms with van der Waals surface area (Å²) in [4.78, 5) is 0. The van der Waals surface area contributed by atoms with Gasteiger partial charge in [-0.05, 0) is 76.1 Å². The molecule has 0 spiro atoms. The van der Waals surface area contributed by atoms with Crippen molar-refractivity contribution in [2.45, 2.75) is 53.0 Å². The molecule has 2 rings (SSSR count). The van der Waals surface area contributed by atoms with Gasteiger partial charge in [-0.1, -0.05) is 17.7 Å². The Kier molecular flexibility index (Phi) is 5.62. The fraction of sp³-hybridized carbons (Fsp3) is 0.667. The quantitative estimate of drug-likeness (QED) is 0.722. The summed E-state index contributed by atoms with van der Waals surface area (Å²) in [5.41, 5.74) is 5.60. The van der Waals surface area contributed by atoms with Crippen molar-refractivity contribution in [1.82, 2.24) is 5.32 Å². The van der Waals surface area contributed by atoms with E-state index >= 15 is 0 Å². The molecule has 1 aliphatic carbocycles. The summed E-state index contributed by atoms with van der Waals surface area (Å²) in [6.07, 6.45) is 3.85. The van der Waals surface area contributed by atoms with E-state index < -0.39 is 0 Å². The summed E-state index contributed by atoms with van der Waals surface area (Å²) in [6, 6.07) is 4.97. The van der Waals surface area contributed by atoms with Gasteiger partial charge in [0.05, 0.1) is 0 Å². The van der Waals surface area contributed by atoms with E-state index in [0.29, 0.717) is 6.04 Å². The molecule has 0 aromatic heterocycles. The van der Waals surface area contributed by atoms with E-state index in [1.54, 1.807) is 0 Å². The van der Waals surface area contributed by atoms with Gasteiger partial charge >= 0.3 is 0 Å². The lowest BCUT2D eigenvalue weighted by Crippen LogP contribution is -2.22. The molecule has 1 unspecified atom stereocenters. The number of ether oxygens (including phenoxy) is 1. The van der Waals surface area contributed by atoms with Crippen LogP contribution in [0.15, 0.2) is 12.1 Å². The van der Waals surface area contributed by atoms with Crippen molar-refractivity contribution in [1.29, 1.82) is 0 Å². The normalized spacial score (nSPS) is 16.4. The van der Waals surface area contributed by atoms with Crippen molar-refractivity contribution >= 4 is 0 Å². The third-order valence-electron chi connectivity index (χ3n) is 4.14. The highest BCUT2D eigenvalue weighted by Crippen LogP contribution is 2.28. The van der Waals surface area contributed by atoms with E-state index in [1.165, 1.54) is 35.1 Å². The van der Waals surface area contributed by atoms with Gasteiger partial charge in [0.15, 0.2) is 0 Å². The van der Waals surface area contributed by atoms with Crippen LogP contribution in [0.3, 0.4) is 0 Å². The van der Waals surface area contributed by atoms with E-state index in [9.17, 15) is 0 Å². The SMILES string of the molecule is Cc1cc(C)c(C(C)NCCCOCC2CC2)c(C)c1. The third-order valence-corrected chi connectivity index (χ3v) is 4.14. The number of hydrogen-bond acceptors (Lipinski definition) is 2. The summed E-state index contributed by atoms with van der Waals surface area (Å²) in [7, 11) is 0. The lowest BCUT2D eigenvalue weighted by molar-refractivity contribution is 0.121. The van der Waals surface area contributed by atoms with Gasteiger partial charge in [-0.3, -0.25) is 0 Å². The van der Waals surface area contributed by atoms with Crippen LogP contribution in [0.1, 0.15) is 54.5 Å². The monoisotopic (exact) mass is 275 g/mol. The molecule has 1 saturated carbocycles. The van der Waals surface area contributed by atoms with Gasteiger partial charge in [0.25, 0.3) is 0 Å². The fourth-order valence-electron chi connectivity index (χ4n) is 3.00. The molecule has 112 valence electrons. The molecule has 1 N–H and O–H groups in total. The van der Waals surface area contributed by atoms with Gasteiger partial charge in [-0.2, -0.15) is 0 Å². The molecule has 20 heavy (non-hydrogen) atoms. The highest BCUT2D eigenvalue weighted by molar-refractivity contribution is 5.39. The molecule has 0 heterocycles. The number of aryl methyl sites for hydroxylation is 3. The van der Waals surface area contributed by atoms with E-state index in [2.05, 4.69) is 45.1 Å². The average molecular weight is 275 g/mol. The second kappa shape index (κ2) is 7.24. The second-order valence-corrected chi connectivity index (χ2v) is 6.36. The highest BCUT2D eigenvalue weighted by Gasteiger charge is 2.20. The van der Waals surface area contributed by atoms with Crippen molar-refractivity contribution in [3.8, 4) is 0 Å². The maximum absolute atomic E-state index is 5.67. The molecular weight excluding hydrogens is 246 g/mol. The van der Waals surface area contributed by atoms with Crippen LogP contribution in [-0.2, 0) is 4.74 Å². The minimum Gasteiger partial charge on any atom is -0.381 e. The maximum Gasteiger partial charge on any atom is 0.0494 e. The van der Waals surface area contributed by atoms with Crippen LogP contribution in [-0.4, -0.2) is 19.8 Å². The third kappa shape index (κ3) is 4.60. The van der Waals surface area contributed by atoms with Crippen LogP contribution in [0.4, 0.5) is 0 Å². The first kappa shape index (κ1) is 15.5. The van der Waals surface area contributed by atoms with Gasteiger partial charge in [-0.25, -0.2) is 0 Å². The van der Waals surface area contributed by atoms with Crippen molar-refractivity contribution < 1.29 is 4.74 Å². The van der Waals surface area contributed by atoms with E-state index in [-0.39, 0.29) is 0 Å². The van der Waals surface area contributed by atoms with Gasteiger partial charge in [0.2, 0.25) is 0 Å². The molecule has 2 heteroatoms. The van der Waals surface area contributed by atoms with Crippen molar-refractivity contribution in [3.05, 3.63) is 34.4 Å². The van der Waals surface area contributed by atoms with Crippen molar-refractivity contribution in [2.24, 2.45) is 5.92 Å². The molecular formula is C18H29NO. The number of hydrogen-bond donors (Lipinski definition) is 1. The average Bonchev–Trinajstić information content (AvgIpc) is 3.16. The predicted octanol–water partition coefficient (Wildman–Crippen LogP) is 4.08. The zero-order chi connectivity index (χ0) is 14.5. The molecule has 1 aromatic carbocycles. The first-order valence-corrected chi connectivity index (χ1v) is 7.97. The lowest BCUT2D eigenvalue weighted by Gasteiger charge is -2.20. The molecule has 0 amide bonds. The Bertz CT molecular complexity index is 414. The van der Waals surface area contributed by atoms with Crippen LogP contribution >= 0.6 is 0 Å². The largest absolute Gasteiger partial charge is 0.381 e. The fourth-order valence-corrected chi connectivity index (χ4v) is 3.00. The Morgan fingerprint density at radius 2 is 1.85 bits per heavy atom. The molecule has 0 radical (unpaired) electrons. The van der Waals surface area contributed by atoms with Crippen LogP contribution < -0.4 is 5.32 Å². The first-order valence-electron chi connectivity index (χ1n) is 7.97.